The van der Waals surface area contributed by atoms with Crippen molar-refractivity contribution < 1.29 is 9.53 Å². The number of nitrogens with one attached hydrogen (secondary N) is 2. The minimum Gasteiger partial charge on any atom is -0.374 e. The number of hydrogen-bond acceptors (Lipinski definition) is 4. The molecule has 7 heteroatoms. The molecular formula is C19H27ClN4O2. The lowest BCUT2D eigenvalue weighted by molar-refractivity contribution is -0.119. The first kappa shape index (κ1) is 20.4. The second-order valence-electron chi connectivity index (χ2n) is 6.87. The van der Waals surface area contributed by atoms with Gasteiger partial charge in [-0.3, -0.25) is 9.48 Å². The van der Waals surface area contributed by atoms with Crippen molar-refractivity contribution in [3.8, 4) is 0 Å². The number of ether oxygens (including phenoxy) is 1. The molecule has 1 saturated heterocycles. The van der Waals surface area contributed by atoms with E-state index < -0.39 is 0 Å². The van der Waals surface area contributed by atoms with Gasteiger partial charge in [0.05, 0.1) is 24.8 Å². The lowest BCUT2D eigenvalue weighted by atomic mass is 9.90. The van der Waals surface area contributed by atoms with Crippen molar-refractivity contribution in [3.63, 3.8) is 0 Å². The minimum absolute atomic E-state index is 0. The number of benzene rings is 1. The molecule has 0 radical (unpaired) electrons. The summed E-state index contributed by atoms with van der Waals surface area (Å²) in [5, 5.41) is 10.6. The van der Waals surface area contributed by atoms with Gasteiger partial charge in [-0.25, -0.2) is 0 Å². The van der Waals surface area contributed by atoms with Gasteiger partial charge in [0.25, 0.3) is 0 Å². The number of halogens is 1. The lowest BCUT2D eigenvalue weighted by Gasteiger charge is -2.17. The SMILES string of the molecule is CC(C)OCc1cccc(NC(=O)[C@H]2CNC[C@@H]2c2cnn(C)c2)c1.Cl. The van der Waals surface area contributed by atoms with E-state index in [9.17, 15) is 4.79 Å². The third-order valence-corrected chi connectivity index (χ3v) is 4.48. The zero-order valence-corrected chi connectivity index (χ0v) is 16.3. The van der Waals surface area contributed by atoms with Gasteiger partial charge in [-0.15, -0.1) is 12.4 Å². The number of amides is 1. The predicted molar refractivity (Wildman–Crippen MR) is 105 cm³/mol. The number of hydrogen-bond donors (Lipinski definition) is 2. The largest absolute Gasteiger partial charge is 0.374 e. The number of rotatable bonds is 6. The van der Waals surface area contributed by atoms with Crippen molar-refractivity contribution in [3.05, 3.63) is 47.8 Å². The molecule has 1 fully saturated rings. The van der Waals surface area contributed by atoms with Gasteiger partial charge in [0.15, 0.2) is 0 Å². The summed E-state index contributed by atoms with van der Waals surface area (Å²) in [6, 6.07) is 7.84. The minimum atomic E-state index is -0.0974. The number of anilines is 1. The Morgan fingerprint density at radius 3 is 2.92 bits per heavy atom. The van der Waals surface area contributed by atoms with E-state index in [0.29, 0.717) is 13.2 Å². The van der Waals surface area contributed by atoms with E-state index in [1.54, 1.807) is 4.68 Å². The summed E-state index contributed by atoms with van der Waals surface area (Å²) in [5.74, 6) is 0.0988. The topological polar surface area (TPSA) is 68.2 Å². The molecule has 1 aromatic carbocycles. The predicted octanol–water partition coefficient (Wildman–Crippen LogP) is 2.71. The van der Waals surface area contributed by atoms with Crippen molar-refractivity contribution in [2.24, 2.45) is 13.0 Å². The van der Waals surface area contributed by atoms with Crippen molar-refractivity contribution in [2.75, 3.05) is 18.4 Å². The average molecular weight is 379 g/mol. The Hall–Kier alpha value is -1.89. The summed E-state index contributed by atoms with van der Waals surface area (Å²) in [6.07, 6.45) is 4.02. The lowest BCUT2D eigenvalue weighted by Crippen LogP contribution is -2.28. The molecule has 1 amide bonds. The highest BCUT2D eigenvalue weighted by atomic mass is 35.5. The Bertz CT molecular complexity index is 732. The number of nitrogens with zero attached hydrogens (tertiary/aromatic N) is 2. The first-order chi connectivity index (χ1) is 12.0. The number of carbonyl (C=O) groups excluding carboxylic acids is 1. The molecular weight excluding hydrogens is 352 g/mol. The molecule has 3 rings (SSSR count). The normalized spacial score (nSPS) is 19.4. The van der Waals surface area contributed by atoms with Crippen LogP contribution in [0.15, 0.2) is 36.7 Å². The van der Waals surface area contributed by atoms with E-state index in [4.69, 9.17) is 4.74 Å². The van der Waals surface area contributed by atoms with Crippen molar-refractivity contribution in [1.29, 1.82) is 0 Å². The second-order valence-corrected chi connectivity index (χ2v) is 6.87. The van der Waals surface area contributed by atoms with Crippen LogP contribution < -0.4 is 10.6 Å². The van der Waals surface area contributed by atoms with Crippen molar-refractivity contribution >= 4 is 24.0 Å². The molecule has 0 unspecified atom stereocenters. The fourth-order valence-electron chi connectivity index (χ4n) is 3.17. The highest BCUT2D eigenvalue weighted by molar-refractivity contribution is 5.93. The number of aromatic nitrogens is 2. The molecule has 2 N–H and O–H groups in total. The van der Waals surface area contributed by atoms with Gasteiger partial charge < -0.3 is 15.4 Å². The number of aryl methyl sites for hydroxylation is 1. The maximum absolute atomic E-state index is 12.8. The maximum Gasteiger partial charge on any atom is 0.229 e. The molecule has 1 aliphatic rings. The molecule has 0 spiro atoms. The summed E-state index contributed by atoms with van der Waals surface area (Å²) in [4.78, 5) is 12.8. The fraction of sp³-hybridized carbons (Fsp3) is 0.474. The molecule has 142 valence electrons. The standard InChI is InChI=1S/C19H26N4O2.ClH/c1-13(2)25-12-14-5-4-6-16(7-14)22-19(24)18-10-20-9-17(18)15-8-21-23(3)11-15;/h4-8,11,13,17-18,20H,9-10,12H2,1-3H3,(H,22,24);1H/t17-,18+;/m1./s1. The molecule has 6 nitrogen and oxygen atoms in total. The smallest absolute Gasteiger partial charge is 0.229 e. The first-order valence-electron chi connectivity index (χ1n) is 8.73. The van der Waals surface area contributed by atoms with Crippen molar-refractivity contribution in [1.82, 2.24) is 15.1 Å². The van der Waals surface area contributed by atoms with E-state index in [0.717, 1.165) is 23.4 Å². The molecule has 2 heterocycles. The summed E-state index contributed by atoms with van der Waals surface area (Å²) >= 11 is 0. The van der Waals surface area contributed by atoms with Crippen LogP contribution in [-0.2, 0) is 23.2 Å². The molecule has 1 aromatic heterocycles. The molecule has 2 aromatic rings. The highest BCUT2D eigenvalue weighted by Crippen LogP contribution is 2.29. The first-order valence-corrected chi connectivity index (χ1v) is 8.73. The van der Waals surface area contributed by atoms with Crippen molar-refractivity contribution in [2.45, 2.75) is 32.5 Å². The van der Waals surface area contributed by atoms with E-state index in [-0.39, 0.29) is 36.3 Å². The van der Waals surface area contributed by atoms with Gasteiger partial charge in [-0.2, -0.15) is 5.10 Å². The highest BCUT2D eigenvalue weighted by Gasteiger charge is 2.34. The van der Waals surface area contributed by atoms with Crippen LogP contribution in [0, 0.1) is 5.92 Å². The van der Waals surface area contributed by atoms with Gasteiger partial charge >= 0.3 is 0 Å². The van der Waals surface area contributed by atoms with Gasteiger partial charge in [-0.05, 0) is 37.1 Å². The summed E-state index contributed by atoms with van der Waals surface area (Å²) in [6.45, 7) is 6.05. The van der Waals surface area contributed by atoms with E-state index in [2.05, 4.69) is 15.7 Å². The van der Waals surface area contributed by atoms with Crippen LogP contribution in [0.2, 0.25) is 0 Å². The van der Waals surface area contributed by atoms with Crippen LogP contribution in [0.5, 0.6) is 0 Å². The summed E-state index contributed by atoms with van der Waals surface area (Å²) in [7, 11) is 1.89. The Morgan fingerprint density at radius 2 is 2.23 bits per heavy atom. The van der Waals surface area contributed by atoms with Crippen LogP contribution in [-0.4, -0.2) is 34.9 Å². The third kappa shape index (κ3) is 5.06. The summed E-state index contributed by atoms with van der Waals surface area (Å²) in [5.41, 5.74) is 2.97. The Morgan fingerprint density at radius 1 is 1.42 bits per heavy atom. The fourth-order valence-corrected chi connectivity index (χ4v) is 3.17. The van der Waals surface area contributed by atoms with Gasteiger partial charge in [-0.1, -0.05) is 12.1 Å². The van der Waals surface area contributed by atoms with Crippen LogP contribution in [0.25, 0.3) is 0 Å². The van der Waals surface area contributed by atoms with E-state index in [1.165, 1.54) is 0 Å². The number of carbonyl (C=O) groups is 1. The third-order valence-electron chi connectivity index (χ3n) is 4.48. The maximum atomic E-state index is 12.8. The molecule has 0 aliphatic carbocycles. The molecule has 26 heavy (non-hydrogen) atoms. The average Bonchev–Trinajstić information content (AvgIpc) is 3.21. The van der Waals surface area contributed by atoms with Gasteiger partial charge in [0.1, 0.15) is 0 Å². The Balaban J connectivity index is 0.00000243. The zero-order valence-electron chi connectivity index (χ0n) is 15.4. The van der Waals surface area contributed by atoms with Crippen LogP contribution in [0.1, 0.15) is 30.9 Å². The van der Waals surface area contributed by atoms with E-state index >= 15 is 0 Å². The molecule has 1 aliphatic heterocycles. The van der Waals surface area contributed by atoms with Gasteiger partial charge in [0, 0.05) is 37.9 Å². The van der Waals surface area contributed by atoms with E-state index in [1.807, 2.05) is 57.6 Å². The van der Waals surface area contributed by atoms with Crippen LogP contribution >= 0.6 is 12.4 Å². The molecule has 0 bridgehead atoms. The van der Waals surface area contributed by atoms with Crippen LogP contribution in [0.3, 0.4) is 0 Å². The second kappa shape index (κ2) is 9.16. The monoisotopic (exact) mass is 378 g/mol. The Kier molecular flexibility index (Phi) is 7.20. The van der Waals surface area contributed by atoms with Gasteiger partial charge in [0.2, 0.25) is 5.91 Å². The Labute approximate surface area is 160 Å². The molecule has 0 saturated carbocycles. The quantitative estimate of drug-likeness (QED) is 0.811. The zero-order chi connectivity index (χ0) is 17.8. The summed E-state index contributed by atoms with van der Waals surface area (Å²) < 4.78 is 7.41. The molecule has 2 atom stereocenters. The van der Waals surface area contributed by atoms with Crippen LogP contribution in [0.4, 0.5) is 5.69 Å².